The Hall–Kier alpha value is -1.10. The van der Waals surface area contributed by atoms with E-state index in [9.17, 15) is 4.79 Å². The molecule has 0 amide bonds. The lowest BCUT2D eigenvalue weighted by molar-refractivity contribution is 0.294. The number of piperidine rings is 1. The van der Waals surface area contributed by atoms with Gasteiger partial charge in [-0.05, 0) is 25.7 Å². The van der Waals surface area contributed by atoms with Crippen molar-refractivity contribution in [1.29, 1.82) is 0 Å². The Bertz CT molecular complexity index is 370. The summed E-state index contributed by atoms with van der Waals surface area (Å²) < 4.78 is 1.74. The van der Waals surface area contributed by atoms with E-state index in [2.05, 4.69) is 15.5 Å². The molecule has 76 valence electrons. The van der Waals surface area contributed by atoms with Crippen molar-refractivity contribution in [3.63, 3.8) is 0 Å². The zero-order chi connectivity index (χ0) is 9.54. The van der Waals surface area contributed by atoms with Crippen LogP contribution in [0.15, 0.2) is 11.1 Å². The van der Waals surface area contributed by atoms with Crippen LogP contribution in [0.3, 0.4) is 0 Å². The summed E-state index contributed by atoms with van der Waals surface area (Å²) in [4.78, 5) is 11.4. The highest BCUT2D eigenvalue weighted by molar-refractivity contribution is 4.94. The maximum atomic E-state index is 11.4. The van der Waals surface area contributed by atoms with Crippen molar-refractivity contribution in [2.75, 3.05) is 0 Å². The zero-order valence-electron chi connectivity index (χ0n) is 7.94. The first-order valence-electron chi connectivity index (χ1n) is 5.20. The molecule has 14 heavy (non-hydrogen) atoms. The number of hydrogen-bond acceptors (Lipinski definition) is 3. The van der Waals surface area contributed by atoms with Crippen LogP contribution in [-0.2, 0) is 0 Å². The van der Waals surface area contributed by atoms with Crippen LogP contribution in [0.4, 0.5) is 0 Å². The molecule has 0 spiro atoms. The Kier molecular flexibility index (Phi) is 1.73. The number of hydrogen-bond donors (Lipinski definition) is 2. The molecule has 2 saturated heterocycles. The van der Waals surface area contributed by atoms with Gasteiger partial charge in [0.15, 0.2) is 0 Å². The van der Waals surface area contributed by atoms with Gasteiger partial charge in [-0.3, -0.25) is 4.57 Å². The Morgan fingerprint density at radius 2 is 2.07 bits per heavy atom. The molecule has 2 fully saturated rings. The molecule has 2 aliphatic rings. The van der Waals surface area contributed by atoms with Crippen LogP contribution in [0.5, 0.6) is 0 Å². The summed E-state index contributed by atoms with van der Waals surface area (Å²) in [5.74, 6) is 0. The van der Waals surface area contributed by atoms with Gasteiger partial charge in [0.2, 0.25) is 0 Å². The van der Waals surface area contributed by atoms with Crippen LogP contribution >= 0.6 is 0 Å². The zero-order valence-corrected chi connectivity index (χ0v) is 7.94. The van der Waals surface area contributed by atoms with Crippen molar-refractivity contribution in [3.05, 3.63) is 16.8 Å². The van der Waals surface area contributed by atoms with E-state index in [4.69, 9.17) is 0 Å². The van der Waals surface area contributed by atoms with Crippen molar-refractivity contribution in [2.24, 2.45) is 0 Å². The van der Waals surface area contributed by atoms with Crippen LogP contribution < -0.4 is 11.0 Å². The minimum Gasteiger partial charge on any atom is -0.311 e. The second-order valence-corrected chi connectivity index (χ2v) is 4.33. The third kappa shape index (κ3) is 1.19. The average Bonchev–Trinajstić information content (AvgIpc) is 2.73. The number of H-pyrrole nitrogens is 1. The van der Waals surface area contributed by atoms with E-state index in [1.165, 1.54) is 12.8 Å². The topological polar surface area (TPSA) is 62.7 Å². The molecule has 2 bridgehead atoms. The first-order chi connectivity index (χ1) is 6.83. The molecular weight excluding hydrogens is 180 g/mol. The fourth-order valence-electron chi connectivity index (χ4n) is 2.77. The third-order valence-electron chi connectivity index (χ3n) is 3.42. The van der Waals surface area contributed by atoms with Crippen LogP contribution in [0.1, 0.15) is 31.7 Å². The number of fused-ring (bicyclic) bond motifs is 2. The summed E-state index contributed by atoms with van der Waals surface area (Å²) in [6.45, 7) is 0. The summed E-state index contributed by atoms with van der Waals surface area (Å²) in [6.07, 6.45) is 6.27. The number of aromatic nitrogens is 3. The van der Waals surface area contributed by atoms with Gasteiger partial charge in [-0.25, -0.2) is 9.89 Å². The molecule has 1 aromatic heterocycles. The highest BCUT2D eigenvalue weighted by Gasteiger charge is 2.34. The average molecular weight is 194 g/mol. The molecule has 3 heterocycles. The summed E-state index contributed by atoms with van der Waals surface area (Å²) in [7, 11) is 0. The van der Waals surface area contributed by atoms with Gasteiger partial charge in [0.05, 0.1) is 0 Å². The first kappa shape index (κ1) is 8.23. The lowest BCUT2D eigenvalue weighted by Gasteiger charge is -2.28. The molecule has 2 unspecified atom stereocenters. The number of nitrogens with one attached hydrogen (secondary N) is 2. The lowest BCUT2D eigenvalue weighted by Crippen LogP contribution is -2.40. The maximum Gasteiger partial charge on any atom is 0.343 e. The fourth-order valence-corrected chi connectivity index (χ4v) is 2.77. The predicted octanol–water partition coefficient (Wildman–Crippen LogP) is 0.0269. The van der Waals surface area contributed by atoms with E-state index in [1.54, 1.807) is 10.9 Å². The van der Waals surface area contributed by atoms with Crippen molar-refractivity contribution >= 4 is 0 Å². The van der Waals surface area contributed by atoms with Crippen LogP contribution in [-0.4, -0.2) is 26.8 Å². The van der Waals surface area contributed by atoms with Crippen molar-refractivity contribution in [3.8, 4) is 0 Å². The standard InChI is InChI=1S/C9H14N4O/c14-9-12-10-5-13(9)8-3-6-1-2-7(4-8)11-6/h5-8,11H,1-4H2,(H,12,14). The molecule has 2 N–H and O–H groups in total. The Morgan fingerprint density at radius 1 is 1.36 bits per heavy atom. The summed E-state index contributed by atoms with van der Waals surface area (Å²) in [5, 5.41) is 9.78. The molecule has 2 aliphatic heterocycles. The van der Waals surface area contributed by atoms with Gasteiger partial charge in [-0.1, -0.05) is 0 Å². The summed E-state index contributed by atoms with van der Waals surface area (Å²) in [6, 6.07) is 1.57. The second kappa shape index (κ2) is 2.95. The third-order valence-corrected chi connectivity index (χ3v) is 3.42. The van der Waals surface area contributed by atoms with E-state index in [0.717, 1.165) is 12.8 Å². The highest BCUT2D eigenvalue weighted by atomic mass is 16.1. The Labute approximate surface area is 81.5 Å². The molecule has 0 aromatic carbocycles. The van der Waals surface area contributed by atoms with Crippen LogP contribution in [0.2, 0.25) is 0 Å². The van der Waals surface area contributed by atoms with Gasteiger partial charge in [0.25, 0.3) is 0 Å². The molecule has 1 aromatic rings. The molecule has 5 heteroatoms. The van der Waals surface area contributed by atoms with Gasteiger partial charge in [-0.15, -0.1) is 0 Å². The molecule has 0 radical (unpaired) electrons. The monoisotopic (exact) mass is 194 g/mol. The Morgan fingerprint density at radius 3 is 2.64 bits per heavy atom. The van der Waals surface area contributed by atoms with E-state index < -0.39 is 0 Å². The quantitative estimate of drug-likeness (QED) is 0.663. The number of rotatable bonds is 1. The van der Waals surface area contributed by atoms with Gasteiger partial charge in [0, 0.05) is 18.1 Å². The van der Waals surface area contributed by atoms with E-state index in [-0.39, 0.29) is 5.69 Å². The van der Waals surface area contributed by atoms with Gasteiger partial charge in [0.1, 0.15) is 6.33 Å². The van der Waals surface area contributed by atoms with Crippen molar-refractivity contribution in [2.45, 2.75) is 43.8 Å². The Balaban J connectivity index is 1.87. The van der Waals surface area contributed by atoms with Crippen molar-refractivity contribution in [1.82, 2.24) is 20.1 Å². The smallest absolute Gasteiger partial charge is 0.311 e. The van der Waals surface area contributed by atoms with Gasteiger partial charge >= 0.3 is 5.69 Å². The SMILES string of the molecule is O=c1[nH]ncn1C1CC2CCC(C1)N2. The largest absolute Gasteiger partial charge is 0.343 e. The van der Waals surface area contributed by atoms with Crippen LogP contribution in [0, 0.1) is 0 Å². The predicted molar refractivity (Wildman–Crippen MR) is 51.1 cm³/mol. The maximum absolute atomic E-state index is 11.4. The minimum absolute atomic E-state index is 0.0729. The summed E-state index contributed by atoms with van der Waals surface area (Å²) in [5.41, 5.74) is -0.0729. The molecular formula is C9H14N4O. The molecule has 2 atom stereocenters. The van der Waals surface area contributed by atoms with Crippen molar-refractivity contribution < 1.29 is 0 Å². The molecule has 0 aliphatic carbocycles. The van der Waals surface area contributed by atoms with E-state index >= 15 is 0 Å². The second-order valence-electron chi connectivity index (χ2n) is 4.33. The molecule has 0 saturated carbocycles. The number of aromatic amines is 1. The fraction of sp³-hybridized carbons (Fsp3) is 0.778. The molecule has 3 rings (SSSR count). The normalized spacial score (nSPS) is 36.1. The highest BCUT2D eigenvalue weighted by Crippen LogP contribution is 2.32. The van der Waals surface area contributed by atoms with Gasteiger partial charge < -0.3 is 5.32 Å². The van der Waals surface area contributed by atoms with E-state index in [1.807, 2.05) is 0 Å². The molecule has 5 nitrogen and oxygen atoms in total. The van der Waals surface area contributed by atoms with Gasteiger partial charge in [-0.2, -0.15) is 5.10 Å². The van der Waals surface area contributed by atoms with E-state index in [0.29, 0.717) is 18.1 Å². The van der Waals surface area contributed by atoms with Crippen LogP contribution in [0.25, 0.3) is 0 Å². The first-order valence-corrected chi connectivity index (χ1v) is 5.20. The minimum atomic E-state index is -0.0729. The lowest BCUT2D eigenvalue weighted by atomic mass is 10.00. The number of nitrogens with zero attached hydrogens (tertiary/aromatic N) is 2. The summed E-state index contributed by atoms with van der Waals surface area (Å²) >= 11 is 0.